The fraction of sp³-hybridized carbons (Fsp3) is 1.00. The van der Waals surface area contributed by atoms with Crippen LogP contribution in [0.15, 0.2) is 0 Å². The SMILES string of the molecule is CCCOCCO[SiH](C)C. The van der Waals surface area contributed by atoms with Crippen molar-refractivity contribution in [2.75, 3.05) is 19.8 Å². The zero-order valence-corrected chi connectivity index (χ0v) is 8.38. The molecule has 0 saturated carbocycles. The van der Waals surface area contributed by atoms with Crippen LogP contribution in [-0.2, 0) is 9.16 Å². The molecule has 0 unspecified atom stereocenters. The third kappa shape index (κ3) is 8.14. The summed E-state index contributed by atoms with van der Waals surface area (Å²) < 4.78 is 10.6. The Morgan fingerprint density at radius 1 is 1.10 bits per heavy atom. The summed E-state index contributed by atoms with van der Waals surface area (Å²) in [5.41, 5.74) is 0. The smallest absolute Gasteiger partial charge is 0.171 e. The average molecular weight is 162 g/mol. The minimum Gasteiger partial charge on any atom is -0.418 e. The molecule has 0 rings (SSSR count). The quantitative estimate of drug-likeness (QED) is 0.434. The van der Waals surface area contributed by atoms with Gasteiger partial charge >= 0.3 is 0 Å². The lowest BCUT2D eigenvalue weighted by atomic mass is 10.5. The number of hydrogen-bond acceptors (Lipinski definition) is 2. The van der Waals surface area contributed by atoms with Gasteiger partial charge in [0.05, 0.1) is 13.2 Å². The molecule has 0 aliphatic rings. The first kappa shape index (κ1) is 10.1. The van der Waals surface area contributed by atoms with Crippen molar-refractivity contribution in [3.05, 3.63) is 0 Å². The Morgan fingerprint density at radius 3 is 2.30 bits per heavy atom. The monoisotopic (exact) mass is 162 g/mol. The van der Waals surface area contributed by atoms with E-state index in [2.05, 4.69) is 20.0 Å². The molecule has 0 atom stereocenters. The lowest BCUT2D eigenvalue weighted by molar-refractivity contribution is 0.101. The Labute approximate surface area is 65.3 Å². The standard InChI is InChI=1S/C7H18O2Si/c1-4-5-8-6-7-9-10(2)3/h10H,4-7H2,1-3H3. The molecule has 3 heteroatoms. The molecule has 0 amide bonds. The number of rotatable bonds is 6. The molecule has 0 fully saturated rings. The van der Waals surface area contributed by atoms with Crippen molar-refractivity contribution in [1.82, 2.24) is 0 Å². The second-order valence-electron chi connectivity index (χ2n) is 2.53. The van der Waals surface area contributed by atoms with Crippen LogP contribution < -0.4 is 0 Å². The molecule has 10 heavy (non-hydrogen) atoms. The van der Waals surface area contributed by atoms with Gasteiger partial charge in [0.1, 0.15) is 0 Å². The van der Waals surface area contributed by atoms with Gasteiger partial charge in [-0.1, -0.05) is 6.92 Å². The summed E-state index contributed by atoms with van der Waals surface area (Å²) in [6.07, 6.45) is 1.10. The van der Waals surface area contributed by atoms with Gasteiger partial charge in [-0.2, -0.15) is 0 Å². The zero-order valence-electron chi connectivity index (χ0n) is 7.22. The highest BCUT2D eigenvalue weighted by atomic mass is 28.3. The molecule has 0 aromatic rings. The van der Waals surface area contributed by atoms with E-state index in [1.165, 1.54) is 0 Å². The van der Waals surface area contributed by atoms with Crippen LogP contribution >= 0.6 is 0 Å². The van der Waals surface area contributed by atoms with Gasteiger partial charge in [0.15, 0.2) is 9.04 Å². The Balaban J connectivity index is 2.77. The Hall–Kier alpha value is 0.137. The highest BCUT2D eigenvalue weighted by molar-refractivity contribution is 6.48. The van der Waals surface area contributed by atoms with Gasteiger partial charge < -0.3 is 9.16 Å². The molecule has 2 nitrogen and oxygen atoms in total. The summed E-state index contributed by atoms with van der Waals surface area (Å²) in [6.45, 7) is 8.85. The first-order valence-electron chi connectivity index (χ1n) is 3.96. The van der Waals surface area contributed by atoms with E-state index in [1.807, 2.05) is 0 Å². The first-order chi connectivity index (χ1) is 4.77. The molecule has 0 aliphatic carbocycles. The molecule has 0 bridgehead atoms. The largest absolute Gasteiger partial charge is 0.418 e. The molecule has 0 saturated heterocycles. The van der Waals surface area contributed by atoms with Crippen molar-refractivity contribution in [3.8, 4) is 0 Å². The van der Waals surface area contributed by atoms with Gasteiger partial charge in [0.25, 0.3) is 0 Å². The molecule has 0 radical (unpaired) electrons. The van der Waals surface area contributed by atoms with Crippen LogP contribution in [0.5, 0.6) is 0 Å². The highest BCUT2D eigenvalue weighted by Gasteiger charge is 1.93. The maximum absolute atomic E-state index is 5.40. The number of ether oxygens (including phenoxy) is 1. The molecule has 0 aromatic carbocycles. The molecule has 0 spiro atoms. The van der Waals surface area contributed by atoms with Crippen molar-refractivity contribution in [3.63, 3.8) is 0 Å². The summed E-state index contributed by atoms with van der Waals surface area (Å²) in [5.74, 6) is 0. The normalized spacial score (nSPS) is 10.8. The molecule has 0 aliphatic heterocycles. The van der Waals surface area contributed by atoms with Gasteiger partial charge in [0, 0.05) is 6.61 Å². The fourth-order valence-corrected chi connectivity index (χ4v) is 1.16. The summed E-state index contributed by atoms with van der Waals surface area (Å²) in [4.78, 5) is 0. The van der Waals surface area contributed by atoms with E-state index >= 15 is 0 Å². The third-order valence-corrected chi connectivity index (χ3v) is 1.93. The van der Waals surface area contributed by atoms with E-state index in [-0.39, 0.29) is 0 Å². The van der Waals surface area contributed by atoms with Crippen molar-refractivity contribution in [1.29, 1.82) is 0 Å². The van der Waals surface area contributed by atoms with Crippen LogP contribution in [0.1, 0.15) is 13.3 Å². The molecular weight excluding hydrogens is 144 g/mol. The van der Waals surface area contributed by atoms with E-state index < -0.39 is 9.04 Å². The van der Waals surface area contributed by atoms with E-state index in [4.69, 9.17) is 9.16 Å². The Bertz CT molecular complexity index is 66.6. The summed E-state index contributed by atoms with van der Waals surface area (Å²) in [7, 11) is -0.802. The predicted octanol–water partition coefficient (Wildman–Crippen LogP) is 1.41. The van der Waals surface area contributed by atoms with Crippen molar-refractivity contribution < 1.29 is 9.16 Å². The van der Waals surface area contributed by atoms with E-state index in [9.17, 15) is 0 Å². The van der Waals surface area contributed by atoms with E-state index in [1.54, 1.807) is 0 Å². The van der Waals surface area contributed by atoms with E-state index in [0.717, 1.165) is 26.2 Å². The van der Waals surface area contributed by atoms with Crippen LogP contribution in [0.25, 0.3) is 0 Å². The lowest BCUT2D eigenvalue weighted by Crippen LogP contribution is -2.13. The van der Waals surface area contributed by atoms with Crippen LogP contribution in [-0.4, -0.2) is 28.9 Å². The molecule has 0 heterocycles. The van der Waals surface area contributed by atoms with Gasteiger partial charge in [-0.15, -0.1) is 0 Å². The maximum atomic E-state index is 5.40. The van der Waals surface area contributed by atoms with Gasteiger partial charge in [-0.3, -0.25) is 0 Å². The Kier molecular flexibility index (Phi) is 7.35. The van der Waals surface area contributed by atoms with Crippen LogP contribution in [0, 0.1) is 0 Å². The zero-order chi connectivity index (χ0) is 7.82. The highest BCUT2D eigenvalue weighted by Crippen LogP contribution is 1.85. The first-order valence-corrected chi connectivity index (χ1v) is 6.74. The number of hydrogen-bond donors (Lipinski definition) is 0. The lowest BCUT2D eigenvalue weighted by Gasteiger charge is -2.06. The average Bonchev–Trinajstić information content (AvgIpc) is 1.87. The Morgan fingerprint density at radius 2 is 1.80 bits per heavy atom. The fourth-order valence-electron chi connectivity index (χ4n) is 0.589. The molecular formula is C7H18O2Si. The topological polar surface area (TPSA) is 18.5 Å². The summed E-state index contributed by atoms with van der Waals surface area (Å²) >= 11 is 0. The van der Waals surface area contributed by atoms with Gasteiger partial charge in [-0.25, -0.2) is 0 Å². The predicted molar refractivity (Wildman–Crippen MR) is 45.9 cm³/mol. The van der Waals surface area contributed by atoms with Crippen molar-refractivity contribution >= 4 is 9.04 Å². The van der Waals surface area contributed by atoms with Gasteiger partial charge in [-0.05, 0) is 19.5 Å². The van der Waals surface area contributed by atoms with Crippen LogP contribution in [0.4, 0.5) is 0 Å². The molecule has 0 N–H and O–H groups in total. The minimum absolute atomic E-state index is 0.763. The molecule has 0 aromatic heterocycles. The summed E-state index contributed by atoms with van der Waals surface area (Å²) in [5, 5.41) is 0. The van der Waals surface area contributed by atoms with Gasteiger partial charge in [0.2, 0.25) is 0 Å². The maximum Gasteiger partial charge on any atom is 0.171 e. The second kappa shape index (κ2) is 7.25. The second-order valence-corrected chi connectivity index (χ2v) is 4.96. The van der Waals surface area contributed by atoms with Crippen molar-refractivity contribution in [2.24, 2.45) is 0 Å². The van der Waals surface area contributed by atoms with E-state index in [0.29, 0.717) is 0 Å². The summed E-state index contributed by atoms with van der Waals surface area (Å²) in [6, 6.07) is 0. The van der Waals surface area contributed by atoms with Crippen LogP contribution in [0.2, 0.25) is 13.1 Å². The molecule has 62 valence electrons. The van der Waals surface area contributed by atoms with Crippen molar-refractivity contribution in [2.45, 2.75) is 26.4 Å². The van der Waals surface area contributed by atoms with Crippen LogP contribution in [0.3, 0.4) is 0 Å². The minimum atomic E-state index is -0.802. The third-order valence-electron chi connectivity index (χ3n) is 1.03.